The highest BCUT2D eigenvalue weighted by molar-refractivity contribution is 5.88. The Morgan fingerprint density at radius 2 is 2.00 bits per heavy atom. The van der Waals surface area contributed by atoms with Crippen LogP contribution < -0.4 is 0 Å². The van der Waals surface area contributed by atoms with Crippen molar-refractivity contribution in [2.24, 2.45) is 0 Å². The minimum Gasteiger partial charge on any atom is -0.461 e. The summed E-state index contributed by atoms with van der Waals surface area (Å²) in [5.41, 5.74) is 1.46. The number of hydrogen-bond acceptors (Lipinski definition) is 6. The summed E-state index contributed by atoms with van der Waals surface area (Å²) in [6.07, 6.45) is 1.89. The first kappa shape index (κ1) is 14.8. The lowest BCUT2D eigenvalue weighted by Gasteiger charge is -2.03. The van der Waals surface area contributed by atoms with Crippen molar-refractivity contribution >= 4 is 12.3 Å². The van der Waals surface area contributed by atoms with Crippen molar-refractivity contribution < 1.29 is 23.2 Å². The molecule has 116 valence electrons. The Hall–Kier alpha value is -3.15. The number of oxazole rings is 1. The van der Waals surface area contributed by atoms with E-state index in [-0.39, 0.29) is 24.0 Å². The lowest BCUT2D eigenvalue weighted by atomic mass is 10.1. The second-order valence-electron chi connectivity index (χ2n) is 4.62. The Balaban J connectivity index is 2.00. The molecule has 0 atom stereocenters. The van der Waals surface area contributed by atoms with Gasteiger partial charge >= 0.3 is 5.97 Å². The fraction of sp³-hybridized carbons (Fsp3) is 0.118. The van der Waals surface area contributed by atoms with E-state index in [1.54, 1.807) is 25.1 Å². The molecular weight excluding hydrogens is 298 g/mol. The van der Waals surface area contributed by atoms with Gasteiger partial charge in [0.1, 0.15) is 12.0 Å². The van der Waals surface area contributed by atoms with Crippen LogP contribution >= 0.6 is 0 Å². The highest BCUT2D eigenvalue weighted by atomic mass is 16.5. The number of carbonyl (C=O) groups is 2. The Labute approximate surface area is 131 Å². The van der Waals surface area contributed by atoms with Gasteiger partial charge in [-0.2, -0.15) is 0 Å². The van der Waals surface area contributed by atoms with E-state index in [9.17, 15) is 9.59 Å². The molecule has 0 amide bonds. The first-order chi connectivity index (χ1) is 11.2. The number of aromatic nitrogens is 1. The molecule has 0 aliphatic rings. The number of nitrogens with zero attached hydrogens (tertiary/aromatic N) is 1. The molecule has 0 aliphatic heterocycles. The Bertz CT molecular complexity index is 846. The van der Waals surface area contributed by atoms with E-state index < -0.39 is 5.97 Å². The lowest BCUT2D eigenvalue weighted by Crippen LogP contribution is -2.04. The molecule has 0 radical (unpaired) electrons. The largest absolute Gasteiger partial charge is 0.461 e. The molecule has 0 spiro atoms. The standard InChI is InChI=1S/C17H13NO5/c1-2-21-17(20)14-10-22-16(18-14)13-6-4-3-5-12(13)15-8-7-11(9-19)23-15/h3-10H,2H2,1H3. The van der Waals surface area contributed by atoms with E-state index in [4.69, 9.17) is 13.6 Å². The van der Waals surface area contributed by atoms with Gasteiger partial charge in [-0.3, -0.25) is 4.79 Å². The van der Waals surface area contributed by atoms with Crippen LogP contribution in [-0.2, 0) is 4.74 Å². The van der Waals surface area contributed by atoms with Gasteiger partial charge in [0.25, 0.3) is 0 Å². The van der Waals surface area contributed by atoms with Crippen molar-refractivity contribution in [3.8, 4) is 22.8 Å². The summed E-state index contributed by atoms with van der Waals surface area (Å²) in [4.78, 5) is 26.6. The van der Waals surface area contributed by atoms with E-state index in [0.717, 1.165) is 0 Å². The third kappa shape index (κ3) is 2.91. The van der Waals surface area contributed by atoms with Crippen molar-refractivity contribution in [2.75, 3.05) is 6.61 Å². The third-order valence-corrected chi connectivity index (χ3v) is 3.15. The second-order valence-corrected chi connectivity index (χ2v) is 4.62. The van der Waals surface area contributed by atoms with Gasteiger partial charge in [-0.25, -0.2) is 9.78 Å². The zero-order valence-electron chi connectivity index (χ0n) is 12.3. The maximum atomic E-state index is 11.7. The molecule has 0 aliphatic carbocycles. The second kappa shape index (κ2) is 6.31. The minimum atomic E-state index is -0.541. The monoisotopic (exact) mass is 311 g/mol. The molecule has 3 rings (SSSR count). The molecule has 23 heavy (non-hydrogen) atoms. The molecule has 1 aromatic carbocycles. The number of benzene rings is 1. The van der Waals surface area contributed by atoms with Gasteiger partial charge in [0.2, 0.25) is 5.89 Å². The van der Waals surface area contributed by atoms with E-state index >= 15 is 0 Å². The highest BCUT2D eigenvalue weighted by Crippen LogP contribution is 2.32. The fourth-order valence-electron chi connectivity index (χ4n) is 2.14. The van der Waals surface area contributed by atoms with Gasteiger partial charge in [-0.1, -0.05) is 18.2 Å². The average Bonchev–Trinajstić information content (AvgIpc) is 3.24. The zero-order valence-corrected chi connectivity index (χ0v) is 12.3. The summed E-state index contributed by atoms with van der Waals surface area (Å²) in [6.45, 7) is 1.98. The van der Waals surface area contributed by atoms with Crippen molar-refractivity contribution in [3.05, 3.63) is 54.1 Å². The zero-order chi connectivity index (χ0) is 16.2. The third-order valence-electron chi connectivity index (χ3n) is 3.15. The van der Waals surface area contributed by atoms with Gasteiger partial charge in [0, 0.05) is 11.1 Å². The molecule has 0 N–H and O–H groups in total. The predicted molar refractivity (Wildman–Crippen MR) is 81.0 cm³/mol. The van der Waals surface area contributed by atoms with Crippen molar-refractivity contribution in [1.29, 1.82) is 0 Å². The highest BCUT2D eigenvalue weighted by Gasteiger charge is 2.18. The maximum absolute atomic E-state index is 11.7. The van der Waals surface area contributed by atoms with Crippen molar-refractivity contribution in [1.82, 2.24) is 4.98 Å². The lowest BCUT2D eigenvalue weighted by molar-refractivity contribution is 0.0519. The maximum Gasteiger partial charge on any atom is 0.360 e. The van der Waals surface area contributed by atoms with Crippen LogP contribution in [0.5, 0.6) is 0 Å². The minimum absolute atomic E-state index is 0.102. The van der Waals surface area contributed by atoms with Crippen LogP contribution in [0, 0.1) is 0 Å². The van der Waals surface area contributed by atoms with Gasteiger partial charge < -0.3 is 13.6 Å². The Morgan fingerprint density at radius 1 is 1.22 bits per heavy atom. The molecule has 6 heteroatoms. The number of esters is 1. The van der Waals surface area contributed by atoms with Crippen LogP contribution in [-0.4, -0.2) is 23.8 Å². The van der Waals surface area contributed by atoms with E-state index in [1.807, 2.05) is 18.2 Å². The Morgan fingerprint density at radius 3 is 2.70 bits per heavy atom. The average molecular weight is 311 g/mol. The van der Waals surface area contributed by atoms with E-state index in [2.05, 4.69) is 4.98 Å². The van der Waals surface area contributed by atoms with Crippen LogP contribution in [0.2, 0.25) is 0 Å². The molecule has 0 saturated carbocycles. The van der Waals surface area contributed by atoms with Crippen molar-refractivity contribution in [3.63, 3.8) is 0 Å². The normalized spacial score (nSPS) is 10.5. The molecular formula is C17H13NO5. The van der Waals surface area contributed by atoms with Crippen LogP contribution in [0.25, 0.3) is 22.8 Å². The van der Waals surface area contributed by atoms with Crippen LogP contribution in [0.4, 0.5) is 0 Å². The van der Waals surface area contributed by atoms with Gasteiger partial charge in [-0.15, -0.1) is 0 Å². The first-order valence-corrected chi connectivity index (χ1v) is 7.00. The van der Waals surface area contributed by atoms with Gasteiger partial charge in [0.05, 0.1) is 6.61 Å². The molecule has 6 nitrogen and oxygen atoms in total. The number of rotatable bonds is 5. The number of furan rings is 1. The summed E-state index contributed by atoms with van der Waals surface area (Å²) in [5.74, 6) is 0.474. The molecule has 0 unspecified atom stereocenters. The number of hydrogen-bond donors (Lipinski definition) is 0. The molecule has 0 fully saturated rings. The van der Waals surface area contributed by atoms with Crippen LogP contribution in [0.15, 0.2) is 51.5 Å². The van der Waals surface area contributed by atoms with Gasteiger partial charge in [0.15, 0.2) is 17.7 Å². The summed E-state index contributed by atoms with van der Waals surface area (Å²) >= 11 is 0. The SMILES string of the molecule is CCOC(=O)c1coc(-c2ccccc2-c2ccc(C=O)o2)n1. The van der Waals surface area contributed by atoms with Crippen molar-refractivity contribution in [2.45, 2.75) is 6.92 Å². The number of carbonyl (C=O) groups excluding carboxylic acids is 2. The van der Waals surface area contributed by atoms with Crippen LogP contribution in [0.3, 0.4) is 0 Å². The molecule has 0 saturated heterocycles. The molecule has 0 bridgehead atoms. The molecule has 2 heterocycles. The summed E-state index contributed by atoms with van der Waals surface area (Å²) in [5, 5.41) is 0. The molecule has 2 aromatic heterocycles. The van der Waals surface area contributed by atoms with E-state index in [1.165, 1.54) is 6.26 Å². The Kier molecular flexibility index (Phi) is 4.05. The van der Waals surface area contributed by atoms with E-state index in [0.29, 0.717) is 23.2 Å². The summed E-state index contributed by atoms with van der Waals surface area (Å²) in [6, 6.07) is 10.5. The topological polar surface area (TPSA) is 82.5 Å². The fourth-order valence-corrected chi connectivity index (χ4v) is 2.14. The predicted octanol–water partition coefficient (Wildman–Crippen LogP) is 3.59. The quantitative estimate of drug-likeness (QED) is 0.529. The number of aldehydes is 1. The van der Waals surface area contributed by atoms with Gasteiger partial charge in [-0.05, 0) is 25.1 Å². The van der Waals surface area contributed by atoms with Crippen LogP contribution in [0.1, 0.15) is 28.0 Å². The summed E-state index contributed by atoms with van der Waals surface area (Å²) in [7, 11) is 0. The first-order valence-electron chi connectivity index (χ1n) is 7.00. The smallest absolute Gasteiger partial charge is 0.360 e. The molecule has 3 aromatic rings. The number of ether oxygens (including phenoxy) is 1. The summed E-state index contributed by atoms with van der Waals surface area (Å²) < 4.78 is 15.7.